The van der Waals surface area contributed by atoms with Gasteiger partial charge < -0.3 is 0 Å². The molecule has 0 aliphatic heterocycles. The van der Waals surface area contributed by atoms with Crippen LogP contribution in [-0.2, 0) is 12.8 Å². The lowest BCUT2D eigenvalue weighted by atomic mass is 9.78. The first kappa shape index (κ1) is 24.3. The highest BCUT2D eigenvalue weighted by atomic mass is 32.1. The van der Waals surface area contributed by atoms with Gasteiger partial charge in [0.25, 0.3) is 0 Å². The average Bonchev–Trinajstić information content (AvgIpc) is 3.31. The lowest BCUT2D eigenvalue weighted by Gasteiger charge is -2.28. The largest absolute Gasteiger partial charge is 0.139 e. The monoisotopic (exact) mass is 446 g/mol. The Morgan fingerprint density at radius 1 is 0.600 bits per heavy atom. The summed E-state index contributed by atoms with van der Waals surface area (Å²) in [5.41, 5.74) is 0. The molecule has 0 radical (unpaired) electrons. The molecule has 0 N–H and O–H groups in total. The Bertz CT molecular complexity index is 655. The van der Waals surface area contributed by atoms with Crippen molar-refractivity contribution in [2.45, 2.75) is 129 Å². The van der Waals surface area contributed by atoms with Crippen molar-refractivity contribution in [3.8, 4) is 0 Å². The van der Waals surface area contributed by atoms with Crippen molar-refractivity contribution >= 4 is 32.1 Å². The van der Waals surface area contributed by atoms with Crippen LogP contribution < -0.4 is 0 Å². The van der Waals surface area contributed by atoms with Crippen LogP contribution in [0.3, 0.4) is 0 Å². The van der Waals surface area contributed by atoms with Gasteiger partial charge in [0.2, 0.25) is 0 Å². The third-order valence-electron chi connectivity index (χ3n) is 7.32. The molecule has 0 spiro atoms. The second-order valence-electron chi connectivity index (χ2n) is 9.95. The van der Waals surface area contributed by atoms with Gasteiger partial charge in [-0.1, -0.05) is 104 Å². The van der Waals surface area contributed by atoms with E-state index in [2.05, 4.69) is 48.7 Å². The quantitative estimate of drug-likeness (QED) is 0.239. The van der Waals surface area contributed by atoms with E-state index in [0.717, 1.165) is 11.8 Å². The van der Waals surface area contributed by atoms with Gasteiger partial charge >= 0.3 is 0 Å². The average molecular weight is 447 g/mol. The summed E-state index contributed by atoms with van der Waals surface area (Å²) in [6.07, 6.45) is 25.8. The van der Waals surface area contributed by atoms with E-state index in [9.17, 15) is 0 Å². The Labute approximate surface area is 194 Å². The highest BCUT2D eigenvalue weighted by Gasteiger charge is 2.21. The summed E-state index contributed by atoms with van der Waals surface area (Å²) in [5.74, 6) is 2.05. The first-order valence-corrected chi connectivity index (χ1v) is 14.9. The molecule has 30 heavy (non-hydrogen) atoms. The van der Waals surface area contributed by atoms with Crippen molar-refractivity contribution in [2.24, 2.45) is 11.8 Å². The molecule has 3 rings (SSSR count). The summed E-state index contributed by atoms with van der Waals surface area (Å²) >= 11 is 4.15. The molecule has 2 aromatic rings. The minimum atomic E-state index is 1.00. The van der Waals surface area contributed by atoms with Crippen LogP contribution in [0.25, 0.3) is 9.40 Å². The molecule has 2 aromatic heterocycles. The van der Waals surface area contributed by atoms with E-state index in [1.807, 2.05) is 0 Å². The Balaban J connectivity index is 1.31. The van der Waals surface area contributed by atoms with Crippen LogP contribution in [0.15, 0.2) is 12.1 Å². The number of hydrogen-bond donors (Lipinski definition) is 0. The van der Waals surface area contributed by atoms with Gasteiger partial charge in [0.1, 0.15) is 0 Å². The van der Waals surface area contributed by atoms with Crippen LogP contribution in [0, 0.1) is 11.8 Å². The molecule has 0 amide bonds. The van der Waals surface area contributed by atoms with Gasteiger partial charge in [-0.2, -0.15) is 0 Å². The molecule has 0 atom stereocenters. The predicted molar refractivity (Wildman–Crippen MR) is 139 cm³/mol. The zero-order valence-electron chi connectivity index (χ0n) is 19.9. The van der Waals surface area contributed by atoms with Gasteiger partial charge in [-0.05, 0) is 49.7 Å². The Morgan fingerprint density at radius 3 is 1.70 bits per heavy atom. The minimum absolute atomic E-state index is 1.00. The van der Waals surface area contributed by atoms with Crippen LogP contribution in [0.4, 0.5) is 0 Å². The Morgan fingerprint density at radius 2 is 1.10 bits per heavy atom. The molecule has 1 fully saturated rings. The van der Waals surface area contributed by atoms with Crippen molar-refractivity contribution in [1.29, 1.82) is 0 Å². The summed E-state index contributed by atoms with van der Waals surface area (Å²) in [5, 5.41) is 0. The first-order chi connectivity index (χ1) is 14.8. The zero-order valence-corrected chi connectivity index (χ0v) is 21.5. The Hall–Kier alpha value is -0.340. The highest BCUT2D eigenvalue weighted by Crippen LogP contribution is 2.37. The molecule has 170 valence electrons. The number of fused-ring (bicyclic) bond motifs is 1. The van der Waals surface area contributed by atoms with E-state index < -0.39 is 0 Å². The molecule has 1 aliphatic rings. The molecule has 0 nitrogen and oxygen atoms in total. The van der Waals surface area contributed by atoms with E-state index in [1.54, 1.807) is 19.2 Å². The van der Waals surface area contributed by atoms with Crippen molar-refractivity contribution < 1.29 is 0 Å². The topological polar surface area (TPSA) is 0 Å². The van der Waals surface area contributed by atoms with E-state index in [4.69, 9.17) is 0 Å². The highest BCUT2D eigenvalue weighted by molar-refractivity contribution is 7.27. The predicted octanol–water partition coefficient (Wildman–Crippen LogP) is 10.6. The third kappa shape index (κ3) is 8.30. The summed E-state index contributed by atoms with van der Waals surface area (Å²) < 4.78 is 3.12. The van der Waals surface area contributed by atoms with Gasteiger partial charge in [-0.25, -0.2) is 0 Å². The number of thiophene rings is 2. The molecule has 1 saturated carbocycles. The smallest absolute Gasteiger partial charge is 0.0456 e. The molecule has 2 heteroatoms. The van der Waals surface area contributed by atoms with Gasteiger partial charge in [-0.15, -0.1) is 22.7 Å². The summed E-state index contributed by atoms with van der Waals surface area (Å²) in [6.45, 7) is 4.61. The molecular formula is C28H46S2. The van der Waals surface area contributed by atoms with Crippen molar-refractivity contribution in [1.82, 2.24) is 0 Å². The molecule has 2 heterocycles. The second kappa shape index (κ2) is 13.9. The molecular weight excluding hydrogens is 400 g/mol. The van der Waals surface area contributed by atoms with Crippen LogP contribution >= 0.6 is 22.7 Å². The number of aryl methyl sites for hydroxylation is 2. The van der Waals surface area contributed by atoms with E-state index in [0.29, 0.717) is 0 Å². The van der Waals surface area contributed by atoms with Gasteiger partial charge in [0.05, 0.1) is 0 Å². The molecule has 1 aliphatic carbocycles. The lowest BCUT2D eigenvalue weighted by Crippen LogP contribution is -2.15. The fraction of sp³-hybridized carbons (Fsp3) is 0.786. The maximum atomic E-state index is 2.52. The van der Waals surface area contributed by atoms with Crippen LogP contribution in [0.1, 0.15) is 126 Å². The Kier molecular flexibility index (Phi) is 11.3. The van der Waals surface area contributed by atoms with E-state index >= 15 is 0 Å². The third-order valence-corrected chi connectivity index (χ3v) is 9.73. The first-order valence-electron chi connectivity index (χ1n) is 13.3. The van der Waals surface area contributed by atoms with Crippen molar-refractivity contribution in [3.05, 3.63) is 21.9 Å². The summed E-state index contributed by atoms with van der Waals surface area (Å²) in [4.78, 5) is 3.26. The normalized spacial score (nSPS) is 19.7. The molecule has 0 unspecified atom stereocenters. The second-order valence-corrected chi connectivity index (χ2v) is 12.3. The number of hydrogen-bond acceptors (Lipinski definition) is 2. The van der Waals surface area contributed by atoms with Gasteiger partial charge in [-0.3, -0.25) is 0 Å². The number of rotatable bonds is 15. The SMILES string of the molecule is CCCCCCCc1cc2sc(CC[C@H]3CC[C@H](CCCCCCC)CC3)cc2s1. The summed E-state index contributed by atoms with van der Waals surface area (Å²) in [7, 11) is 0. The maximum absolute atomic E-state index is 2.52. The molecule has 0 aromatic carbocycles. The van der Waals surface area contributed by atoms with Crippen LogP contribution in [0.2, 0.25) is 0 Å². The van der Waals surface area contributed by atoms with Crippen molar-refractivity contribution in [2.75, 3.05) is 0 Å². The van der Waals surface area contributed by atoms with E-state index in [-0.39, 0.29) is 0 Å². The fourth-order valence-corrected chi connectivity index (χ4v) is 7.78. The number of unbranched alkanes of at least 4 members (excludes halogenated alkanes) is 8. The maximum Gasteiger partial charge on any atom is 0.0456 e. The zero-order chi connectivity index (χ0) is 21.0. The summed E-state index contributed by atoms with van der Waals surface area (Å²) in [6, 6.07) is 5.02. The van der Waals surface area contributed by atoms with Crippen LogP contribution in [0.5, 0.6) is 0 Å². The lowest BCUT2D eigenvalue weighted by molar-refractivity contribution is 0.249. The molecule has 0 bridgehead atoms. The van der Waals surface area contributed by atoms with Crippen LogP contribution in [-0.4, -0.2) is 0 Å². The van der Waals surface area contributed by atoms with Gasteiger partial charge in [0.15, 0.2) is 0 Å². The van der Waals surface area contributed by atoms with Crippen molar-refractivity contribution in [3.63, 3.8) is 0 Å². The fourth-order valence-electron chi connectivity index (χ4n) is 5.28. The van der Waals surface area contributed by atoms with Gasteiger partial charge in [0, 0.05) is 19.2 Å². The molecule has 0 saturated heterocycles. The van der Waals surface area contributed by atoms with E-state index in [1.165, 1.54) is 116 Å². The minimum Gasteiger partial charge on any atom is -0.139 e. The standard InChI is InChI=1S/C28H46S2/c1-3-5-7-9-11-13-23-15-17-24(18-16-23)19-20-26-22-28-27(30-26)21-25(29-28)14-12-10-8-6-4-2/h21-24H,3-20H2,1-2H3/t23-,24-.